The van der Waals surface area contributed by atoms with Gasteiger partial charge in [0.05, 0.1) is 29.1 Å². The molecule has 164 valence electrons. The number of hydrogen-bond acceptors (Lipinski definition) is 5. The minimum Gasteiger partial charge on any atom is -0.328 e. The summed E-state index contributed by atoms with van der Waals surface area (Å²) in [5, 5.41) is 2.31. The number of hydrogen-bond donors (Lipinski definition) is 0. The number of rotatable bonds is 9. The summed E-state index contributed by atoms with van der Waals surface area (Å²) < 4.78 is 28.0. The van der Waals surface area contributed by atoms with Crippen LogP contribution in [-0.4, -0.2) is 35.3 Å². The van der Waals surface area contributed by atoms with Crippen LogP contribution in [0, 0.1) is 0 Å². The fraction of sp³-hybridized carbons (Fsp3) is 0.273. The zero-order chi connectivity index (χ0) is 22.6. The standard InChI is InChI=1S/C22H24ClN3O3S2/c1-4-10-25(21(27)20-9-6-11-30-20)14-19-13-24-22(26(19)16(2)3)31(28,29)15-17-7-5-8-18(23)12-17/h4-9,11-13,16H,1,10,14-15H2,2-3H3. The van der Waals surface area contributed by atoms with E-state index in [1.54, 1.807) is 45.9 Å². The molecule has 3 rings (SSSR count). The number of amides is 1. The first-order chi connectivity index (χ1) is 14.7. The van der Waals surface area contributed by atoms with Crippen LogP contribution >= 0.6 is 22.9 Å². The first-order valence-corrected chi connectivity index (χ1v) is 12.6. The molecule has 3 aromatic rings. The molecule has 0 N–H and O–H groups in total. The minimum atomic E-state index is -3.72. The molecule has 2 heterocycles. The van der Waals surface area contributed by atoms with Crippen LogP contribution in [0.15, 0.2) is 65.8 Å². The van der Waals surface area contributed by atoms with E-state index in [9.17, 15) is 13.2 Å². The second-order valence-electron chi connectivity index (χ2n) is 7.34. The van der Waals surface area contributed by atoms with Gasteiger partial charge in [-0.3, -0.25) is 4.79 Å². The SMILES string of the molecule is C=CCN(Cc1cnc(S(=O)(=O)Cc2cccc(Cl)c2)n1C(C)C)C(=O)c1cccs1. The summed E-state index contributed by atoms with van der Waals surface area (Å²) in [6.07, 6.45) is 3.18. The maximum Gasteiger partial charge on any atom is 0.264 e. The highest BCUT2D eigenvalue weighted by atomic mass is 35.5. The Hall–Kier alpha value is -2.42. The number of thiophene rings is 1. The van der Waals surface area contributed by atoms with E-state index in [0.29, 0.717) is 27.7 Å². The molecule has 0 radical (unpaired) electrons. The predicted molar refractivity (Wildman–Crippen MR) is 124 cm³/mol. The Morgan fingerprint density at radius 2 is 2.10 bits per heavy atom. The highest BCUT2D eigenvalue weighted by molar-refractivity contribution is 7.90. The highest BCUT2D eigenvalue weighted by Gasteiger charge is 2.27. The first-order valence-electron chi connectivity index (χ1n) is 9.70. The van der Waals surface area contributed by atoms with Crippen LogP contribution < -0.4 is 0 Å². The van der Waals surface area contributed by atoms with E-state index in [0.717, 1.165) is 0 Å². The van der Waals surface area contributed by atoms with Crippen molar-refractivity contribution >= 4 is 38.7 Å². The lowest BCUT2D eigenvalue weighted by molar-refractivity contribution is 0.0763. The minimum absolute atomic E-state index is 0.0143. The van der Waals surface area contributed by atoms with Crippen LogP contribution in [0.1, 0.15) is 40.8 Å². The average Bonchev–Trinajstić information content (AvgIpc) is 3.37. The number of benzene rings is 1. The maximum atomic E-state index is 13.2. The molecule has 31 heavy (non-hydrogen) atoms. The summed E-state index contributed by atoms with van der Waals surface area (Å²) >= 11 is 7.37. The van der Waals surface area contributed by atoms with E-state index in [-0.39, 0.29) is 29.4 Å². The van der Waals surface area contributed by atoms with Crippen molar-refractivity contribution in [3.05, 3.63) is 81.8 Å². The third kappa shape index (κ3) is 5.44. The van der Waals surface area contributed by atoms with Gasteiger partial charge in [0.25, 0.3) is 5.91 Å². The normalized spacial score (nSPS) is 11.6. The Morgan fingerprint density at radius 1 is 1.32 bits per heavy atom. The maximum absolute atomic E-state index is 13.2. The molecule has 0 spiro atoms. The molecule has 0 saturated heterocycles. The Labute approximate surface area is 191 Å². The molecule has 0 aliphatic heterocycles. The van der Waals surface area contributed by atoms with Crippen molar-refractivity contribution in [2.45, 2.75) is 37.3 Å². The molecule has 0 aliphatic carbocycles. The number of nitrogens with zero attached hydrogens (tertiary/aromatic N) is 3. The van der Waals surface area contributed by atoms with Crippen molar-refractivity contribution in [3.63, 3.8) is 0 Å². The lowest BCUT2D eigenvalue weighted by Crippen LogP contribution is -2.31. The van der Waals surface area contributed by atoms with Crippen molar-refractivity contribution in [2.75, 3.05) is 6.54 Å². The monoisotopic (exact) mass is 477 g/mol. The third-order valence-corrected chi connectivity index (χ3v) is 7.27. The highest BCUT2D eigenvalue weighted by Crippen LogP contribution is 2.24. The summed E-state index contributed by atoms with van der Waals surface area (Å²) in [4.78, 5) is 19.4. The van der Waals surface area contributed by atoms with E-state index >= 15 is 0 Å². The average molecular weight is 478 g/mol. The van der Waals surface area contributed by atoms with Gasteiger partial charge in [-0.15, -0.1) is 17.9 Å². The topological polar surface area (TPSA) is 72.3 Å². The fourth-order valence-corrected chi connectivity index (χ4v) is 5.81. The zero-order valence-electron chi connectivity index (χ0n) is 17.4. The number of halogens is 1. The van der Waals surface area contributed by atoms with Crippen molar-refractivity contribution in [1.82, 2.24) is 14.5 Å². The Balaban J connectivity index is 1.94. The van der Waals surface area contributed by atoms with Crippen LogP contribution in [0.3, 0.4) is 0 Å². The summed E-state index contributed by atoms with van der Waals surface area (Å²) in [5.41, 5.74) is 1.24. The lowest BCUT2D eigenvalue weighted by Gasteiger charge is -2.23. The quantitative estimate of drug-likeness (QED) is 0.407. The second-order valence-corrected chi connectivity index (χ2v) is 10.6. The largest absolute Gasteiger partial charge is 0.328 e. The first kappa shape index (κ1) is 23.2. The zero-order valence-corrected chi connectivity index (χ0v) is 19.8. The van der Waals surface area contributed by atoms with Crippen molar-refractivity contribution in [3.8, 4) is 0 Å². The van der Waals surface area contributed by atoms with Gasteiger partial charge in [0.1, 0.15) is 0 Å². The van der Waals surface area contributed by atoms with Crippen molar-refractivity contribution in [1.29, 1.82) is 0 Å². The smallest absolute Gasteiger partial charge is 0.264 e. The Morgan fingerprint density at radius 3 is 2.71 bits per heavy atom. The summed E-state index contributed by atoms with van der Waals surface area (Å²) in [5.74, 6) is -0.337. The molecule has 6 nitrogen and oxygen atoms in total. The summed E-state index contributed by atoms with van der Waals surface area (Å²) in [6.45, 7) is 8.09. The van der Waals surface area contributed by atoms with Gasteiger partial charge >= 0.3 is 0 Å². The van der Waals surface area contributed by atoms with Crippen molar-refractivity contribution in [2.24, 2.45) is 0 Å². The molecular formula is C22H24ClN3O3S2. The summed E-state index contributed by atoms with van der Waals surface area (Å²) in [7, 11) is -3.72. The van der Waals surface area contributed by atoms with Gasteiger partial charge < -0.3 is 9.47 Å². The second kappa shape index (κ2) is 9.80. The predicted octanol–water partition coefficient (Wildman–Crippen LogP) is 4.98. The number of sulfone groups is 1. The lowest BCUT2D eigenvalue weighted by atomic mass is 10.2. The Bertz CT molecular complexity index is 1170. The van der Waals surface area contributed by atoms with Crippen LogP contribution in [0.5, 0.6) is 0 Å². The molecule has 0 atom stereocenters. The number of imidazole rings is 1. The third-order valence-electron chi connectivity index (χ3n) is 4.60. The van der Waals surface area contributed by atoms with Gasteiger partial charge in [-0.1, -0.05) is 35.9 Å². The van der Waals surface area contributed by atoms with Crippen LogP contribution in [0.4, 0.5) is 0 Å². The molecule has 1 amide bonds. The van der Waals surface area contributed by atoms with Gasteiger partial charge in [0.15, 0.2) is 0 Å². The van der Waals surface area contributed by atoms with Gasteiger partial charge in [-0.05, 0) is 43.0 Å². The van der Waals surface area contributed by atoms with Crippen LogP contribution in [0.2, 0.25) is 5.02 Å². The molecule has 1 aromatic carbocycles. The Kier molecular flexibility index (Phi) is 7.35. The molecule has 0 bridgehead atoms. The van der Waals surface area contributed by atoms with E-state index in [2.05, 4.69) is 11.6 Å². The van der Waals surface area contributed by atoms with E-state index in [1.807, 2.05) is 25.3 Å². The van der Waals surface area contributed by atoms with Gasteiger partial charge in [-0.2, -0.15) is 0 Å². The molecule has 2 aromatic heterocycles. The summed E-state index contributed by atoms with van der Waals surface area (Å²) in [6, 6.07) is 10.2. The molecular weight excluding hydrogens is 454 g/mol. The van der Waals surface area contributed by atoms with Crippen molar-refractivity contribution < 1.29 is 13.2 Å². The fourth-order valence-electron chi connectivity index (χ4n) is 3.31. The molecule has 0 aliphatic rings. The molecule has 0 fully saturated rings. The number of carbonyl (C=O) groups excluding carboxylic acids is 1. The molecule has 0 saturated carbocycles. The van der Waals surface area contributed by atoms with Gasteiger partial charge in [0, 0.05) is 17.6 Å². The van der Waals surface area contributed by atoms with E-state index in [4.69, 9.17) is 11.6 Å². The van der Waals surface area contributed by atoms with Crippen LogP contribution in [0.25, 0.3) is 0 Å². The van der Waals surface area contributed by atoms with E-state index in [1.165, 1.54) is 17.5 Å². The van der Waals surface area contributed by atoms with E-state index < -0.39 is 9.84 Å². The van der Waals surface area contributed by atoms with Crippen LogP contribution in [-0.2, 0) is 22.1 Å². The van der Waals surface area contributed by atoms with Gasteiger partial charge in [0.2, 0.25) is 15.0 Å². The van der Waals surface area contributed by atoms with Gasteiger partial charge in [-0.25, -0.2) is 13.4 Å². The number of carbonyl (C=O) groups is 1. The number of aromatic nitrogens is 2. The molecule has 0 unspecified atom stereocenters. The molecule has 9 heteroatoms.